The molecule has 2 heterocycles. The average Bonchev–Trinajstić information content (AvgIpc) is 2.87. The fourth-order valence-corrected chi connectivity index (χ4v) is 3.81. The van der Waals surface area contributed by atoms with E-state index in [9.17, 15) is 9.59 Å². The van der Waals surface area contributed by atoms with E-state index in [0.29, 0.717) is 19.0 Å². The summed E-state index contributed by atoms with van der Waals surface area (Å²) in [5.74, 6) is 0.280. The molecule has 0 saturated carbocycles. The van der Waals surface area contributed by atoms with Crippen LogP contribution in [0.3, 0.4) is 0 Å². The second kappa shape index (κ2) is 7.76. The van der Waals surface area contributed by atoms with Gasteiger partial charge in [-0.1, -0.05) is 12.1 Å². The van der Waals surface area contributed by atoms with Crippen molar-refractivity contribution in [3.05, 3.63) is 24.3 Å². The first kappa shape index (κ1) is 17.6. The number of anilines is 2. The maximum Gasteiger partial charge on any atom is 0.321 e. The van der Waals surface area contributed by atoms with Gasteiger partial charge in [0.05, 0.1) is 11.4 Å². The highest BCUT2D eigenvalue weighted by Crippen LogP contribution is 2.25. The smallest absolute Gasteiger partial charge is 0.321 e. The highest BCUT2D eigenvalue weighted by molar-refractivity contribution is 5.93. The molecule has 2 aliphatic rings. The van der Waals surface area contributed by atoms with Crippen molar-refractivity contribution in [2.45, 2.75) is 38.1 Å². The van der Waals surface area contributed by atoms with Gasteiger partial charge < -0.3 is 20.0 Å². The minimum absolute atomic E-state index is 0.0531. The molecular formula is C19H28N4O2. The number of para-hydroxylation sites is 2. The maximum absolute atomic E-state index is 12.7. The van der Waals surface area contributed by atoms with Gasteiger partial charge in [0.2, 0.25) is 5.91 Å². The molecule has 25 heavy (non-hydrogen) atoms. The van der Waals surface area contributed by atoms with Crippen LogP contribution in [-0.4, -0.2) is 61.5 Å². The normalized spacial score (nSPS) is 21.2. The van der Waals surface area contributed by atoms with Crippen LogP contribution in [0.5, 0.6) is 0 Å². The van der Waals surface area contributed by atoms with Gasteiger partial charge in [-0.3, -0.25) is 4.79 Å². The summed E-state index contributed by atoms with van der Waals surface area (Å²) in [6.07, 6.45) is 4.46. The number of nitrogens with zero attached hydrogens (tertiary/aromatic N) is 3. The molecule has 3 amide bonds. The van der Waals surface area contributed by atoms with Gasteiger partial charge in [0, 0.05) is 46.2 Å². The minimum atomic E-state index is -0.0531. The van der Waals surface area contributed by atoms with Crippen molar-refractivity contribution < 1.29 is 9.59 Å². The van der Waals surface area contributed by atoms with Gasteiger partial charge in [-0.2, -0.15) is 0 Å². The lowest BCUT2D eigenvalue weighted by molar-refractivity contribution is -0.129. The number of urea groups is 1. The fourth-order valence-electron chi connectivity index (χ4n) is 3.81. The summed E-state index contributed by atoms with van der Waals surface area (Å²) >= 11 is 0. The van der Waals surface area contributed by atoms with Crippen molar-refractivity contribution >= 4 is 23.3 Å². The number of carbonyl (C=O) groups is 2. The van der Waals surface area contributed by atoms with E-state index in [1.807, 2.05) is 53.1 Å². The molecule has 0 aliphatic carbocycles. The summed E-state index contributed by atoms with van der Waals surface area (Å²) in [6, 6.07) is 8.06. The molecule has 0 spiro atoms. The summed E-state index contributed by atoms with van der Waals surface area (Å²) in [6.45, 7) is 2.32. The van der Waals surface area contributed by atoms with E-state index in [1.54, 1.807) is 0 Å². The number of benzene rings is 1. The summed E-state index contributed by atoms with van der Waals surface area (Å²) < 4.78 is 0. The maximum atomic E-state index is 12.7. The number of carbonyl (C=O) groups excluding carboxylic acids is 2. The molecular weight excluding hydrogens is 316 g/mol. The zero-order chi connectivity index (χ0) is 17.8. The van der Waals surface area contributed by atoms with E-state index in [1.165, 1.54) is 0 Å². The van der Waals surface area contributed by atoms with Crippen LogP contribution in [0, 0.1) is 0 Å². The van der Waals surface area contributed by atoms with Crippen molar-refractivity contribution in [3.8, 4) is 0 Å². The number of amides is 3. The molecule has 1 unspecified atom stereocenters. The van der Waals surface area contributed by atoms with Crippen molar-refractivity contribution in [1.82, 2.24) is 9.80 Å². The summed E-state index contributed by atoms with van der Waals surface area (Å²) in [7, 11) is 3.93. The molecule has 0 bridgehead atoms. The third-order valence-corrected chi connectivity index (χ3v) is 5.16. The van der Waals surface area contributed by atoms with Gasteiger partial charge in [-0.15, -0.1) is 0 Å². The average molecular weight is 344 g/mol. The Morgan fingerprint density at radius 3 is 2.64 bits per heavy atom. The Labute approximate surface area is 149 Å². The Kier molecular flexibility index (Phi) is 5.46. The molecule has 0 aromatic heterocycles. The Balaban J connectivity index is 1.61. The first-order chi connectivity index (χ1) is 12.1. The van der Waals surface area contributed by atoms with Crippen LogP contribution in [0.15, 0.2) is 24.3 Å². The van der Waals surface area contributed by atoms with E-state index < -0.39 is 0 Å². The van der Waals surface area contributed by atoms with Crippen molar-refractivity contribution in [2.24, 2.45) is 0 Å². The minimum Gasteiger partial charge on any atom is -0.376 e. The second-order valence-electron chi connectivity index (χ2n) is 7.10. The van der Waals surface area contributed by atoms with E-state index in [4.69, 9.17) is 0 Å². The highest BCUT2D eigenvalue weighted by atomic mass is 16.2. The molecule has 1 aromatic rings. The summed E-state index contributed by atoms with van der Waals surface area (Å²) in [4.78, 5) is 30.6. The number of hydrogen-bond donors (Lipinski definition) is 1. The van der Waals surface area contributed by atoms with Gasteiger partial charge in [0.25, 0.3) is 0 Å². The third kappa shape index (κ3) is 4.06. The van der Waals surface area contributed by atoms with Gasteiger partial charge >= 0.3 is 6.03 Å². The summed E-state index contributed by atoms with van der Waals surface area (Å²) in [5.41, 5.74) is 1.82. The molecule has 2 fully saturated rings. The SMILES string of the molecule is CN(C)c1ccccc1NC(=O)N1CCCC(N2CCCC2=O)CC1. The lowest BCUT2D eigenvalue weighted by atomic mass is 10.1. The molecule has 0 radical (unpaired) electrons. The first-order valence-electron chi connectivity index (χ1n) is 9.18. The zero-order valence-corrected chi connectivity index (χ0v) is 15.2. The van der Waals surface area contributed by atoms with Crippen molar-refractivity contribution in [3.63, 3.8) is 0 Å². The number of nitrogens with one attached hydrogen (secondary N) is 1. The monoisotopic (exact) mass is 344 g/mol. The standard InChI is InChI=1S/C19H28N4O2/c1-21(2)17-9-4-3-8-16(17)20-19(25)22-12-5-7-15(11-14-22)23-13-6-10-18(23)24/h3-4,8-9,15H,5-7,10-14H2,1-2H3,(H,20,25). The quantitative estimate of drug-likeness (QED) is 0.917. The molecule has 6 nitrogen and oxygen atoms in total. The van der Waals surface area contributed by atoms with Gasteiger partial charge in [0.1, 0.15) is 0 Å². The fraction of sp³-hybridized carbons (Fsp3) is 0.579. The molecule has 1 N–H and O–H groups in total. The zero-order valence-electron chi connectivity index (χ0n) is 15.2. The van der Waals surface area contributed by atoms with Crippen molar-refractivity contribution in [1.29, 1.82) is 0 Å². The molecule has 1 aromatic carbocycles. The molecule has 136 valence electrons. The topological polar surface area (TPSA) is 55.9 Å². The number of rotatable bonds is 3. The Morgan fingerprint density at radius 1 is 1.12 bits per heavy atom. The number of likely N-dealkylation sites (tertiary alicyclic amines) is 2. The van der Waals surface area contributed by atoms with Crippen molar-refractivity contribution in [2.75, 3.05) is 43.9 Å². The van der Waals surface area contributed by atoms with Crippen LogP contribution < -0.4 is 10.2 Å². The molecule has 2 saturated heterocycles. The molecule has 6 heteroatoms. The lowest BCUT2D eigenvalue weighted by Gasteiger charge is -2.27. The lowest BCUT2D eigenvalue weighted by Crippen LogP contribution is -2.39. The number of hydrogen-bond acceptors (Lipinski definition) is 3. The van der Waals surface area contributed by atoms with Crippen LogP contribution >= 0.6 is 0 Å². The second-order valence-corrected chi connectivity index (χ2v) is 7.10. The Bertz CT molecular complexity index is 632. The Morgan fingerprint density at radius 2 is 1.92 bits per heavy atom. The van der Waals surface area contributed by atoms with E-state index in [-0.39, 0.29) is 11.9 Å². The molecule has 3 rings (SSSR count). The van der Waals surface area contributed by atoms with Crippen LogP contribution in [0.2, 0.25) is 0 Å². The van der Waals surface area contributed by atoms with Gasteiger partial charge in [-0.25, -0.2) is 4.79 Å². The molecule has 1 atom stereocenters. The summed E-state index contributed by atoms with van der Waals surface area (Å²) in [5, 5.41) is 3.05. The van der Waals surface area contributed by atoms with Crippen LogP contribution in [-0.2, 0) is 4.79 Å². The predicted octanol–water partition coefficient (Wildman–Crippen LogP) is 2.76. The van der Waals surface area contributed by atoms with Crippen LogP contribution in [0.25, 0.3) is 0 Å². The van der Waals surface area contributed by atoms with Gasteiger partial charge in [-0.05, 0) is 37.8 Å². The predicted molar refractivity (Wildman–Crippen MR) is 99.9 cm³/mol. The Hall–Kier alpha value is -2.24. The van der Waals surface area contributed by atoms with E-state index in [2.05, 4.69) is 5.32 Å². The molecule has 2 aliphatic heterocycles. The third-order valence-electron chi connectivity index (χ3n) is 5.16. The van der Waals surface area contributed by atoms with Crippen LogP contribution in [0.4, 0.5) is 16.2 Å². The largest absolute Gasteiger partial charge is 0.376 e. The van der Waals surface area contributed by atoms with Gasteiger partial charge in [0.15, 0.2) is 0 Å². The van der Waals surface area contributed by atoms with E-state index >= 15 is 0 Å². The van der Waals surface area contributed by atoms with E-state index in [0.717, 1.165) is 50.1 Å². The first-order valence-corrected chi connectivity index (χ1v) is 9.18. The van der Waals surface area contributed by atoms with Crippen LogP contribution in [0.1, 0.15) is 32.1 Å². The highest BCUT2D eigenvalue weighted by Gasteiger charge is 2.30.